The molecule has 0 saturated heterocycles. The van der Waals surface area contributed by atoms with Crippen LogP contribution in [0.5, 0.6) is 0 Å². The van der Waals surface area contributed by atoms with E-state index in [9.17, 15) is 14.7 Å². The van der Waals surface area contributed by atoms with Gasteiger partial charge in [-0.25, -0.2) is 4.79 Å². The van der Waals surface area contributed by atoms with E-state index in [0.29, 0.717) is 19.4 Å². The minimum Gasteiger partial charge on any atom is -0.481 e. The summed E-state index contributed by atoms with van der Waals surface area (Å²) in [6.45, 7) is 4.01. The van der Waals surface area contributed by atoms with Crippen LogP contribution < -0.4 is 5.32 Å². The van der Waals surface area contributed by atoms with Crippen molar-refractivity contribution in [2.45, 2.75) is 58.4 Å². The Hall–Kier alpha value is -1.30. The van der Waals surface area contributed by atoms with Gasteiger partial charge in [-0.15, -0.1) is 0 Å². The maximum absolute atomic E-state index is 12.3. The fourth-order valence-electron chi connectivity index (χ4n) is 3.00. The average Bonchev–Trinajstić information content (AvgIpc) is 2.99. The van der Waals surface area contributed by atoms with Crippen LogP contribution in [0.15, 0.2) is 0 Å². The Morgan fingerprint density at radius 1 is 1.24 bits per heavy atom. The molecular weight excluding hydrogens is 272 g/mol. The summed E-state index contributed by atoms with van der Waals surface area (Å²) >= 11 is 0. The number of aliphatic hydroxyl groups is 1. The molecule has 0 bridgehead atoms. The highest BCUT2D eigenvalue weighted by molar-refractivity contribution is 5.78. The second-order valence-corrected chi connectivity index (χ2v) is 5.81. The Kier molecular flexibility index (Phi) is 6.95. The average molecular weight is 300 g/mol. The SMILES string of the molecule is CCC(CC)(CNC(=O)N(CCO)C1CCCC1)C(=O)O. The number of carbonyl (C=O) groups excluding carboxylic acids is 1. The fraction of sp³-hybridized carbons (Fsp3) is 0.867. The summed E-state index contributed by atoms with van der Waals surface area (Å²) in [6, 6.07) is -0.0943. The molecule has 0 radical (unpaired) electrons. The third-order valence-electron chi connectivity index (χ3n) is 4.75. The van der Waals surface area contributed by atoms with Crippen molar-refractivity contribution in [3.05, 3.63) is 0 Å². The highest BCUT2D eigenvalue weighted by Gasteiger charge is 2.36. The zero-order valence-corrected chi connectivity index (χ0v) is 13.1. The smallest absolute Gasteiger partial charge is 0.317 e. The Morgan fingerprint density at radius 3 is 2.24 bits per heavy atom. The number of aliphatic carboxylic acids is 1. The summed E-state index contributed by atoms with van der Waals surface area (Å²) in [7, 11) is 0. The molecule has 0 aliphatic heterocycles. The first kappa shape index (κ1) is 17.8. The van der Waals surface area contributed by atoms with Gasteiger partial charge in [0.15, 0.2) is 0 Å². The van der Waals surface area contributed by atoms with Crippen LogP contribution >= 0.6 is 0 Å². The van der Waals surface area contributed by atoms with Crippen molar-refractivity contribution in [3.63, 3.8) is 0 Å². The van der Waals surface area contributed by atoms with Gasteiger partial charge in [-0.3, -0.25) is 4.79 Å². The number of carboxylic acid groups (broad SMARTS) is 1. The van der Waals surface area contributed by atoms with Gasteiger partial charge in [-0.1, -0.05) is 26.7 Å². The third kappa shape index (κ3) is 4.33. The van der Waals surface area contributed by atoms with Gasteiger partial charge in [-0.05, 0) is 25.7 Å². The Bertz CT molecular complexity index is 350. The lowest BCUT2D eigenvalue weighted by atomic mass is 9.82. The maximum Gasteiger partial charge on any atom is 0.317 e. The highest BCUT2D eigenvalue weighted by Crippen LogP contribution is 2.27. The number of nitrogens with one attached hydrogen (secondary N) is 1. The molecule has 6 heteroatoms. The number of aliphatic hydroxyl groups excluding tert-OH is 1. The lowest BCUT2D eigenvalue weighted by Crippen LogP contribution is -2.50. The van der Waals surface area contributed by atoms with Gasteiger partial charge in [0.2, 0.25) is 0 Å². The van der Waals surface area contributed by atoms with Crippen LogP contribution in [0.25, 0.3) is 0 Å². The quantitative estimate of drug-likeness (QED) is 0.638. The Labute approximate surface area is 126 Å². The van der Waals surface area contributed by atoms with Gasteiger partial charge in [0.1, 0.15) is 0 Å². The highest BCUT2D eigenvalue weighted by atomic mass is 16.4. The molecule has 0 atom stereocenters. The zero-order valence-electron chi connectivity index (χ0n) is 13.1. The minimum absolute atomic E-state index is 0.0739. The molecule has 0 unspecified atom stereocenters. The predicted octanol–water partition coefficient (Wildman–Crippen LogP) is 1.82. The van der Waals surface area contributed by atoms with E-state index < -0.39 is 11.4 Å². The summed E-state index contributed by atoms with van der Waals surface area (Å²) in [6.07, 6.45) is 5.06. The number of nitrogens with zero attached hydrogens (tertiary/aromatic N) is 1. The summed E-state index contributed by atoms with van der Waals surface area (Å²) in [5, 5.41) is 21.3. The standard InChI is InChI=1S/C15H28N2O4/c1-3-15(4-2,13(19)20)11-16-14(21)17(9-10-18)12-7-5-6-8-12/h12,18H,3-11H2,1-2H3,(H,16,21)(H,19,20). The van der Waals surface area contributed by atoms with Gasteiger partial charge in [0, 0.05) is 19.1 Å². The molecule has 1 aliphatic rings. The van der Waals surface area contributed by atoms with E-state index in [1.54, 1.807) is 4.90 Å². The number of hydrogen-bond acceptors (Lipinski definition) is 3. The number of carbonyl (C=O) groups is 2. The molecule has 6 nitrogen and oxygen atoms in total. The molecule has 1 aliphatic carbocycles. The van der Waals surface area contributed by atoms with Crippen LogP contribution in [-0.2, 0) is 4.79 Å². The van der Waals surface area contributed by atoms with Crippen LogP contribution in [0.4, 0.5) is 4.79 Å². The van der Waals surface area contributed by atoms with Crippen LogP contribution in [0, 0.1) is 5.41 Å². The molecule has 0 aromatic rings. The van der Waals surface area contributed by atoms with Crippen LogP contribution in [-0.4, -0.2) is 52.9 Å². The molecule has 0 heterocycles. The minimum atomic E-state index is -0.907. The molecule has 0 spiro atoms. The van der Waals surface area contributed by atoms with Crippen molar-refractivity contribution in [3.8, 4) is 0 Å². The maximum atomic E-state index is 12.3. The first-order valence-corrected chi connectivity index (χ1v) is 7.89. The number of urea groups is 1. The lowest BCUT2D eigenvalue weighted by Gasteiger charge is -2.32. The Balaban J connectivity index is 2.65. The predicted molar refractivity (Wildman–Crippen MR) is 80.1 cm³/mol. The largest absolute Gasteiger partial charge is 0.481 e. The van der Waals surface area contributed by atoms with Crippen molar-refractivity contribution in [1.82, 2.24) is 10.2 Å². The fourth-order valence-corrected chi connectivity index (χ4v) is 3.00. The molecular formula is C15H28N2O4. The molecule has 1 rings (SSSR count). The van der Waals surface area contributed by atoms with Gasteiger partial charge in [0.05, 0.1) is 12.0 Å². The molecule has 2 amide bonds. The first-order chi connectivity index (χ1) is 10.0. The van der Waals surface area contributed by atoms with E-state index in [4.69, 9.17) is 5.11 Å². The van der Waals surface area contributed by atoms with Crippen molar-refractivity contribution >= 4 is 12.0 Å². The zero-order chi connectivity index (χ0) is 15.9. The topological polar surface area (TPSA) is 89.9 Å². The van der Waals surface area contributed by atoms with Gasteiger partial charge >= 0.3 is 12.0 Å². The molecule has 1 saturated carbocycles. The monoisotopic (exact) mass is 300 g/mol. The Morgan fingerprint density at radius 2 is 1.81 bits per heavy atom. The normalized spacial score (nSPS) is 16.0. The van der Waals surface area contributed by atoms with E-state index in [1.165, 1.54) is 0 Å². The van der Waals surface area contributed by atoms with E-state index in [-0.39, 0.29) is 25.2 Å². The lowest BCUT2D eigenvalue weighted by molar-refractivity contribution is -0.149. The first-order valence-electron chi connectivity index (χ1n) is 7.89. The summed E-state index contributed by atoms with van der Waals surface area (Å²) in [5.41, 5.74) is -0.907. The molecule has 0 aromatic heterocycles. The number of hydrogen-bond donors (Lipinski definition) is 3. The second kappa shape index (κ2) is 8.22. The van der Waals surface area contributed by atoms with Crippen molar-refractivity contribution in [1.29, 1.82) is 0 Å². The van der Waals surface area contributed by atoms with Crippen molar-refractivity contribution in [2.75, 3.05) is 19.7 Å². The van der Waals surface area contributed by atoms with E-state index in [1.807, 2.05) is 13.8 Å². The van der Waals surface area contributed by atoms with Crippen LogP contribution in [0.2, 0.25) is 0 Å². The van der Waals surface area contributed by atoms with Crippen molar-refractivity contribution in [2.24, 2.45) is 5.41 Å². The van der Waals surface area contributed by atoms with E-state index in [2.05, 4.69) is 5.32 Å². The molecule has 21 heavy (non-hydrogen) atoms. The molecule has 0 aromatic carbocycles. The van der Waals surface area contributed by atoms with Crippen molar-refractivity contribution < 1.29 is 19.8 Å². The van der Waals surface area contributed by atoms with Crippen LogP contribution in [0.1, 0.15) is 52.4 Å². The van der Waals surface area contributed by atoms with Gasteiger partial charge in [-0.2, -0.15) is 0 Å². The summed E-state index contributed by atoms with van der Waals surface area (Å²) in [4.78, 5) is 25.4. The molecule has 122 valence electrons. The summed E-state index contributed by atoms with van der Waals surface area (Å²) in [5.74, 6) is -0.873. The number of amides is 2. The van der Waals surface area contributed by atoms with E-state index in [0.717, 1.165) is 25.7 Å². The summed E-state index contributed by atoms with van der Waals surface area (Å²) < 4.78 is 0. The van der Waals surface area contributed by atoms with Gasteiger partial charge in [0.25, 0.3) is 0 Å². The number of carboxylic acids is 1. The number of rotatable bonds is 8. The molecule has 1 fully saturated rings. The second-order valence-electron chi connectivity index (χ2n) is 5.81. The molecule has 3 N–H and O–H groups in total. The van der Waals surface area contributed by atoms with E-state index >= 15 is 0 Å². The van der Waals surface area contributed by atoms with Gasteiger partial charge < -0.3 is 20.4 Å². The van der Waals surface area contributed by atoms with Crippen LogP contribution in [0.3, 0.4) is 0 Å². The third-order valence-corrected chi connectivity index (χ3v) is 4.75.